The van der Waals surface area contributed by atoms with Gasteiger partial charge in [-0.2, -0.15) is 5.10 Å². The summed E-state index contributed by atoms with van der Waals surface area (Å²) in [5.41, 5.74) is 0. The van der Waals surface area contributed by atoms with Gasteiger partial charge in [0, 0.05) is 19.0 Å². The van der Waals surface area contributed by atoms with Crippen molar-refractivity contribution < 1.29 is 0 Å². The van der Waals surface area contributed by atoms with E-state index in [1.54, 1.807) is 6.33 Å². The van der Waals surface area contributed by atoms with Crippen LogP contribution in [0.3, 0.4) is 0 Å². The summed E-state index contributed by atoms with van der Waals surface area (Å²) in [5, 5.41) is 7.68. The number of rotatable bonds is 7. The van der Waals surface area contributed by atoms with Gasteiger partial charge in [0.25, 0.3) is 0 Å². The van der Waals surface area contributed by atoms with Gasteiger partial charge in [-0.3, -0.25) is 4.68 Å². The quantitative estimate of drug-likeness (QED) is 0.743. The maximum absolute atomic E-state index is 4.29. The predicted octanol–water partition coefficient (Wildman–Crippen LogP) is 1.62. The molecule has 0 radical (unpaired) electrons. The Morgan fingerprint density at radius 2 is 2.20 bits per heavy atom. The SMILES string of the molecule is CCCNC(C)Cc1ncnn1CCC. The monoisotopic (exact) mass is 210 g/mol. The zero-order valence-electron chi connectivity index (χ0n) is 10.0. The van der Waals surface area contributed by atoms with Crippen LogP contribution in [0, 0.1) is 0 Å². The standard InChI is InChI=1S/C11H22N4/c1-4-6-12-10(3)8-11-13-9-14-15(11)7-5-2/h9-10,12H,4-8H2,1-3H3. The molecular weight excluding hydrogens is 188 g/mol. The Bertz CT molecular complexity index is 269. The molecule has 0 aliphatic heterocycles. The molecule has 1 aromatic heterocycles. The van der Waals surface area contributed by atoms with Crippen LogP contribution in [0.2, 0.25) is 0 Å². The van der Waals surface area contributed by atoms with Gasteiger partial charge in [-0.15, -0.1) is 0 Å². The van der Waals surface area contributed by atoms with Crippen molar-refractivity contribution in [1.29, 1.82) is 0 Å². The molecule has 0 amide bonds. The molecule has 4 heteroatoms. The maximum Gasteiger partial charge on any atom is 0.138 e. The highest BCUT2D eigenvalue weighted by molar-refractivity contribution is 4.88. The van der Waals surface area contributed by atoms with E-state index in [9.17, 15) is 0 Å². The lowest BCUT2D eigenvalue weighted by atomic mass is 10.2. The van der Waals surface area contributed by atoms with Crippen molar-refractivity contribution in [2.45, 2.75) is 52.6 Å². The summed E-state index contributed by atoms with van der Waals surface area (Å²) < 4.78 is 2.00. The lowest BCUT2D eigenvalue weighted by Crippen LogP contribution is -2.29. The molecule has 4 nitrogen and oxygen atoms in total. The van der Waals surface area contributed by atoms with E-state index in [0.29, 0.717) is 6.04 Å². The average molecular weight is 210 g/mol. The normalized spacial score (nSPS) is 13.0. The van der Waals surface area contributed by atoms with Gasteiger partial charge in [0.15, 0.2) is 0 Å². The van der Waals surface area contributed by atoms with Gasteiger partial charge in [0.05, 0.1) is 0 Å². The Morgan fingerprint density at radius 3 is 2.87 bits per heavy atom. The number of nitrogens with zero attached hydrogens (tertiary/aromatic N) is 3. The Hall–Kier alpha value is -0.900. The molecule has 1 N–H and O–H groups in total. The van der Waals surface area contributed by atoms with Crippen molar-refractivity contribution in [2.75, 3.05) is 6.54 Å². The van der Waals surface area contributed by atoms with E-state index in [4.69, 9.17) is 0 Å². The van der Waals surface area contributed by atoms with Gasteiger partial charge in [-0.25, -0.2) is 4.98 Å². The fourth-order valence-electron chi connectivity index (χ4n) is 1.58. The first kappa shape index (κ1) is 12.2. The second-order valence-electron chi connectivity index (χ2n) is 3.96. The number of aryl methyl sites for hydroxylation is 1. The van der Waals surface area contributed by atoms with Gasteiger partial charge in [-0.1, -0.05) is 13.8 Å². The smallest absolute Gasteiger partial charge is 0.138 e. The molecule has 0 spiro atoms. The van der Waals surface area contributed by atoms with Gasteiger partial charge < -0.3 is 5.32 Å². The van der Waals surface area contributed by atoms with Crippen LogP contribution in [0.4, 0.5) is 0 Å². The van der Waals surface area contributed by atoms with Gasteiger partial charge in [0.1, 0.15) is 12.2 Å². The van der Waals surface area contributed by atoms with Crippen molar-refractivity contribution in [3.63, 3.8) is 0 Å². The molecule has 15 heavy (non-hydrogen) atoms. The third-order valence-corrected chi connectivity index (χ3v) is 2.36. The largest absolute Gasteiger partial charge is 0.314 e. The maximum atomic E-state index is 4.29. The molecule has 0 aliphatic carbocycles. The highest BCUT2D eigenvalue weighted by Crippen LogP contribution is 2.00. The summed E-state index contributed by atoms with van der Waals surface area (Å²) in [6.07, 6.45) is 4.89. The van der Waals surface area contributed by atoms with Crippen molar-refractivity contribution in [3.8, 4) is 0 Å². The Kier molecular flexibility index (Phi) is 5.32. The summed E-state index contributed by atoms with van der Waals surface area (Å²) in [7, 11) is 0. The van der Waals surface area contributed by atoms with Crippen LogP contribution in [0.15, 0.2) is 6.33 Å². The first-order chi connectivity index (χ1) is 7.27. The topological polar surface area (TPSA) is 42.7 Å². The first-order valence-electron chi connectivity index (χ1n) is 5.88. The van der Waals surface area contributed by atoms with E-state index < -0.39 is 0 Å². The second-order valence-corrected chi connectivity index (χ2v) is 3.96. The average Bonchev–Trinajstić information content (AvgIpc) is 2.63. The van der Waals surface area contributed by atoms with E-state index in [1.165, 1.54) is 6.42 Å². The molecule has 1 atom stereocenters. The van der Waals surface area contributed by atoms with E-state index in [2.05, 4.69) is 36.2 Å². The second kappa shape index (κ2) is 6.56. The number of hydrogen-bond donors (Lipinski definition) is 1. The zero-order valence-corrected chi connectivity index (χ0v) is 10.0. The first-order valence-corrected chi connectivity index (χ1v) is 5.88. The van der Waals surface area contributed by atoms with Crippen LogP contribution in [0.5, 0.6) is 0 Å². The molecule has 0 saturated carbocycles. The minimum Gasteiger partial charge on any atom is -0.314 e. The molecule has 0 bridgehead atoms. The number of aromatic nitrogens is 3. The fraction of sp³-hybridized carbons (Fsp3) is 0.818. The minimum atomic E-state index is 0.477. The fourth-order valence-corrected chi connectivity index (χ4v) is 1.58. The van der Waals surface area contributed by atoms with Crippen LogP contribution in [0.1, 0.15) is 39.4 Å². The van der Waals surface area contributed by atoms with Crippen molar-refractivity contribution in [2.24, 2.45) is 0 Å². The Labute approximate surface area is 92.1 Å². The molecule has 0 aromatic carbocycles. The van der Waals surface area contributed by atoms with Crippen molar-refractivity contribution in [3.05, 3.63) is 12.2 Å². The summed E-state index contributed by atoms with van der Waals surface area (Å²) in [6, 6.07) is 0.477. The van der Waals surface area contributed by atoms with E-state index >= 15 is 0 Å². The molecule has 1 aromatic rings. The molecule has 0 saturated heterocycles. The third-order valence-electron chi connectivity index (χ3n) is 2.36. The van der Waals surface area contributed by atoms with Crippen LogP contribution in [-0.2, 0) is 13.0 Å². The van der Waals surface area contributed by atoms with Gasteiger partial charge in [-0.05, 0) is 26.3 Å². The molecule has 1 rings (SSSR count). The van der Waals surface area contributed by atoms with E-state index in [-0.39, 0.29) is 0 Å². The Balaban J connectivity index is 2.44. The molecule has 86 valence electrons. The van der Waals surface area contributed by atoms with Crippen LogP contribution >= 0.6 is 0 Å². The molecular formula is C11H22N4. The number of hydrogen-bond acceptors (Lipinski definition) is 3. The lowest BCUT2D eigenvalue weighted by molar-refractivity contribution is 0.499. The van der Waals surface area contributed by atoms with Crippen LogP contribution in [0.25, 0.3) is 0 Å². The molecule has 1 heterocycles. The van der Waals surface area contributed by atoms with Gasteiger partial charge in [0.2, 0.25) is 0 Å². The lowest BCUT2D eigenvalue weighted by Gasteiger charge is -2.12. The highest BCUT2D eigenvalue weighted by atomic mass is 15.3. The zero-order chi connectivity index (χ0) is 11.1. The van der Waals surface area contributed by atoms with Crippen LogP contribution < -0.4 is 5.32 Å². The van der Waals surface area contributed by atoms with E-state index in [0.717, 1.165) is 31.8 Å². The molecule has 0 aliphatic rings. The predicted molar refractivity (Wildman–Crippen MR) is 61.8 cm³/mol. The summed E-state index contributed by atoms with van der Waals surface area (Å²) in [4.78, 5) is 4.29. The Morgan fingerprint density at radius 1 is 1.40 bits per heavy atom. The summed E-state index contributed by atoms with van der Waals surface area (Å²) in [6.45, 7) is 8.57. The third kappa shape index (κ3) is 4.00. The van der Waals surface area contributed by atoms with Crippen molar-refractivity contribution >= 4 is 0 Å². The highest BCUT2D eigenvalue weighted by Gasteiger charge is 2.08. The molecule has 0 fully saturated rings. The van der Waals surface area contributed by atoms with Gasteiger partial charge >= 0.3 is 0 Å². The van der Waals surface area contributed by atoms with E-state index in [1.807, 2.05) is 4.68 Å². The summed E-state index contributed by atoms with van der Waals surface area (Å²) in [5.74, 6) is 1.09. The van der Waals surface area contributed by atoms with Crippen molar-refractivity contribution in [1.82, 2.24) is 20.1 Å². The minimum absolute atomic E-state index is 0.477. The summed E-state index contributed by atoms with van der Waals surface area (Å²) >= 11 is 0. The molecule has 1 unspecified atom stereocenters. The van der Waals surface area contributed by atoms with Crippen LogP contribution in [-0.4, -0.2) is 27.4 Å². The number of nitrogens with one attached hydrogen (secondary N) is 1.